The third kappa shape index (κ3) is 4.47. The van der Waals surface area contributed by atoms with Crippen LogP contribution in [0.2, 0.25) is 0 Å². The van der Waals surface area contributed by atoms with E-state index in [9.17, 15) is 9.59 Å². The van der Waals surface area contributed by atoms with Crippen LogP contribution in [0.3, 0.4) is 0 Å². The number of nitrogens with one attached hydrogen (secondary N) is 1. The first kappa shape index (κ1) is 18.5. The predicted octanol–water partition coefficient (Wildman–Crippen LogP) is 2.47. The lowest BCUT2D eigenvalue weighted by Gasteiger charge is -2.20. The first-order valence-corrected chi connectivity index (χ1v) is 8.75. The summed E-state index contributed by atoms with van der Waals surface area (Å²) in [5.41, 5.74) is 3.96. The number of carbonyl (C=O) groups excluding carboxylic acids is 1. The number of nitrogens with zero attached hydrogens (tertiary/aromatic N) is 3. The number of rotatable bonds is 5. The Morgan fingerprint density at radius 1 is 1.04 bits per heavy atom. The third-order valence-electron chi connectivity index (χ3n) is 4.40. The molecule has 0 aliphatic rings. The van der Waals surface area contributed by atoms with Crippen LogP contribution in [0.5, 0.6) is 0 Å². The van der Waals surface area contributed by atoms with Crippen molar-refractivity contribution >= 4 is 5.91 Å². The SMILES string of the molecule is Cc1ccc(C(NC(=O)Cn2c(C)cc(C)nc2=O)c2ccncc2)cc1. The van der Waals surface area contributed by atoms with Gasteiger partial charge in [-0.2, -0.15) is 4.98 Å². The van der Waals surface area contributed by atoms with Gasteiger partial charge in [0.1, 0.15) is 6.54 Å². The quantitative estimate of drug-likeness (QED) is 0.756. The van der Waals surface area contributed by atoms with Crippen LogP contribution in [-0.4, -0.2) is 20.4 Å². The van der Waals surface area contributed by atoms with Crippen molar-refractivity contribution < 1.29 is 4.79 Å². The van der Waals surface area contributed by atoms with Gasteiger partial charge >= 0.3 is 5.69 Å². The first-order valence-electron chi connectivity index (χ1n) is 8.75. The van der Waals surface area contributed by atoms with Crippen molar-refractivity contribution in [2.75, 3.05) is 0 Å². The molecule has 1 unspecified atom stereocenters. The molecule has 0 fully saturated rings. The van der Waals surface area contributed by atoms with Gasteiger partial charge in [0.15, 0.2) is 0 Å². The summed E-state index contributed by atoms with van der Waals surface area (Å²) in [6, 6.07) is 13.2. The average molecular weight is 362 g/mol. The molecule has 0 aliphatic carbocycles. The van der Waals surface area contributed by atoms with Crippen molar-refractivity contribution in [2.24, 2.45) is 0 Å². The van der Waals surface area contributed by atoms with E-state index >= 15 is 0 Å². The lowest BCUT2D eigenvalue weighted by Crippen LogP contribution is -2.36. The molecule has 0 aliphatic heterocycles. The average Bonchev–Trinajstić information content (AvgIpc) is 2.64. The Kier molecular flexibility index (Phi) is 5.45. The van der Waals surface area contributed by atoms with Gasteiger partial charge in [-0.25, -0.2) is 4.79 Å². The van der Waals surface area contributed by atoms with Crippen molar-refractivity contribution in [1.29, 1.82) is 0 Å². The summed E-state index contributed by atoms with van der Waals surface area (Å²) >= 11 is 0. The maximum atomic E-state index is 12.7. The van der Waals surface area contributed by atoms with Gasteiger partial charge in [-0.15, -0.1) is 0 Å². The lowest BCUT2D eigenvalue weighted by atomic mass is 9.98. The van der Waals surface area contributed by atoms with Gasteiger partial charge < -0.3 is 5.32 Å². The number of aromatic nitrogens is 3. The minimum absolute atomic E-state index is 0.0780. The zero-order chi connectivity index (χ0) is 19.4. The molecule has 1 aromatic carbocycles. The Bertz CT molecular complexity index is 995. The Labute approximate surface area is 157 Å². The summed E-state index contributed by atoms with van der Waals surface area (Å²) in [6.07, 6.45) is 3.39. The molecule has 1 amide bonds. The second-order valence-electron chi connectivity index (χ2n) is 6.60. The highest BCUT2D eigenvalue weighted by molar-refractivity contribution is 5.77. The monoisotopic (exact) mass is 362 g/mol. The van der Waals surface area contributed by atoms with Gasteiger partial charge in [-0.05, 0) is 50.1 Å². The lowest BCUT2D eigenvalue weighted by molar-refractivity contribution is -0.122. The fraction of sp³-hybridized carbons (Fsp3) is 0.238. The maximum absolute atomic E-state index is 12.7. The maximum Gasteiger partial charge on any atom is 0.348 e. The number of amides is 1. The van der Waals surface area contributed by atoms with Crippen LogP contribution >= 0.6 is 0 Å². The van der Waals surface area contributed by atoms with Crippen molar-refractivity contribution in [3.8, 4) is 0 Å². The van der Waals surface area contributed by atoms with Crippen LogP contribution in [0.4, 0.5) is 0 Å². The number of aryl methyl sites for hydroxylation is 3. The minimum atomic E-state index is -0.418. The molecular weight excluding hydrogens is 340 g/mol. The van der Waals surface area contributed by atoms with E-state index in [1.54, 1.807) is 32.3 Å². The molecule has 2 aromatic heterocycles. The van der Waals surface area contributed by atoms with Gasteiger partial charge in [-0.1, -0.05) is 29.8 Å². The highest BCUT2D eigenvalue weighted by Crippen LogP contribution is 2.22. The molecule has 138 valence electrons. The molecular formula is C21H22N4O2. The van der Waals surface area contributed by atoms with Crippen LogP contribution in [0.1, 0.15) is 34.1 Å². The fourth-order valence-electron chi connectivity index (χ4n) is 2.99. The van der Waals surface area contributed by atoms with Crippen LogP contribution in [0.25, 0.3) is 0 Å². The van der Waals surface area contributed by atoms with E-state index < -0.39 is 5.69 Å². The van der Waals surface area contributed by atoms with Gasteiger partial charge in [0.2, 0.25) is 5.91 Å². The zero-order valence-corrected chi connectivity index (χ0v) is 15.6. The third-order valence-corrected chi connectivity index (χ3v) is 4.40. The van der Waals surface area contributed by atoms with E-state index in [0.717, 1.165) is 16.7 Å². The largest absolute Gasteiger partial charge is 0.348 e. The van der Waals surface area contributed by atoms with E-state index in [4.69, 9.17) is 0 Å². The van der Waals surface area contributed by atoms with Crippen molar-refractivity contribution in [3.05, 3.63) is 93.4 Å². The molecule has 0 spiro atoms. The van der Waals surface area contributed by atoms with Gasteiger partial charge in [0, 0.05) is 23.8 Å². The Balaban J connectivity index is 1.87. The van der Waals surface area contributed by atoms with E-state index in [0.29, 0.717) is 11.4 Å². The second-order valence-corrected chi connectivity index (χ2v) is 6.60. The number of carbonyl (C=O) groups is 1. The summed E-state index contributed by atoms with van der Waals surface area (Å²) in [5, 5.41) is 3.03. The van der Waals surface area contributed by atoms with Crippen molar-refractivity contribution in [3.63, 3.8) is 0 Å². The molecule has 0 saturated carbocycles. The Hall–Kier alpha value is -3.28. The topological polar surface area (TPSA) is 76.9 Å². The molecule has 1 N–H and O–H groups in total. The molecule has 27 heavy (non-hydrogen) atoms. The number of hydrogen-bond donors (Lipinski definition) is 1. The van der Waals surface area contributed by atoms with E-state index in [1.165, 1.54) is 4.57 Å². The number of hydrogen-bond acceptors (Lipinski definition) is 4. The van der Waals surface area contributed by atoms with E-state index in [-0.39, 0.29) is 18.5 Å². The van der Waals surface area contributed by atoms with E-state index in [1.807, 2.05) is 43.3 Å². The van der Waals surface area contributed by atoms with Gasteiger partial charge in [0.05, 0.1) is 6.04 Å². The summed E-state index contributed by atoms with van der Waals surface area (Å²) in [6.45, 7) is 5.49. The van der Waals surface area contributed by atoms with Crippen LogP contribution in [-0.2, 0) is 11.3 Å². The molecule has 0 saturated heterocycles. The normalized spacial score (nSPS) is 11.8. The first-order chi connectivity index (χ1) is 12.9. The summed E-state index contributed by atoms with van der Waals surface area (Å²) in [4.78, 5) is 32.8. The minimum Gasteiger partial charge on any atom is -0.344 e. The Morgan fingerprint density at radius 3 is 2.30 bits per heavy atom. The molecule has 6 nitrogen and oxygen atoms in total. The van der Waals surface area contributed by atoms with Crippen molar-refractivity contribution in [2.45, 2.75) is 33.4 Å². The molecule has 3 aromatic rings. The van der Waals surface area contributed by atoms with Gasteiger partial charge in [-0.3, -0.25) is 14.3 Å². The molecule has 1 atom stereocenters. The molecule has 2 heterocycles. The molecule has 0 bridgehead atoms. The summed E-state index contributed by atoms with van der Waals surface area (Å²) in [7, 11) is 0. The predicted molar refractivity (Wildman–Crippen MR) is 103 cm³/mol. The fourth-order valence-corrected chi connectivity index (χ4v) is 2.99. The molecule has 6 heteroatoms. The zero-order valence-electron chi connectivity index (χ0n) is 15.6. The van der Waals surface area contributed by atoms with Crippen LogP contribution < -0.4 is 11.0 Å². The standard InChI is InChI=1S/C21H22N4O2/c1-14-4-6-17(7-5-14)20(18-8-10-22-11-9-18)24-19(26)13-25-16(3)12-15(2)23-21(25)27/h4-12,20H,13H2,1-3H3,(H,24,26). The molecule has 0 radical (unpaired) electrons. The molecule has 3 rings (SSSR count). The van der Waals surface area contributed by atoms with Crippen LogP contribution in [0, 0.1) is 20.8 Å². The highest BCUT2D eigenvalue weighted by atomic mass is 16.2. The summed E-state index contributed by atoms with van der Waals surface area (Å²) < 4.78 is 1.38. The number of pyridine rings is 1. The van der Waals surface area contributed by atoms with E-state index in [2.05, 4.69) is 15.3 Å². The highest BCUT2D eigenvalue weighted by Gasteiger charge is 2.18. The van der Waals surface area contributed by atoms with Gasteiger partial charge in [0.25, 0.3) is 0 Å². The van der Waals surface area contributed by atoms with Crippen molar-refractivity contribution in [1.82, 2.24) is 19.9 Å². The van der Waals surface area contributed by atoms with Crippen LogP contribution in [0.15, 0.2) is 59.7 Å². The smallest absolute Gasteiger partial charge is 0.344 e. The number of benzene rings is 1. The summed E-state index contributed by atoms with van der Waals surface area (Å²) in [5.74, 6) is -0.256. The Morgan fingerprint density at radius 2 is 1.67 bits per heavy atom. The second kappa shape index (κ2) is 7.95.